The van der Waals surface area contributed by atoms with E-state index in [0.29, 0.717) is 31.9 Å². The number of hydrogen-bond donors (Lipinski definition) is 1. The summed E-state index contributed by atoms with van der Waals surface area (Å²) >= 11 is 1.11. The van der Waals surface area contributed by atoms with Crippen LogP contribution >= 0.6 is 11.3 Å². The number of ether oxygens (including phenoxy) is 2. The van der Waals surface area contributed by atoms with Crippen LogP contribution in [0.4, 0.5) is 18.3 Å². The molecule has 0 atom stereocenters. The molecule has 0 aliphatic carbocycles. The van der Waals surface area contributed by atoms with Gasteiger partial charge in [-0.3, -0.25) is 14.9 Å². The van der Waals surface area contributed by atoms with Crippen molar-refractivity contribution in [2.24, 2.45) is 0 Å². The number of alkyl halides is 3. The van der Waals surface area contributed by atoms with E-state index in [1.165, 1.54) is 24.3 Å². The predicted molar refractivity (Wildman–Crippen MR) is 112 cm³/mol. The van der Waals surface area contributed by atoms with Gasteiger partial charge >= 0.3 is 6.36 Å². The number of thiazole rings is 1. The number of morpholine rings is 1. The third-order valence-electron chi connectivity index (χ3n) is 4.76. The normalized spacial score (nSPS) is 14.2. The molecule has 12 heteroatoms. The molecule has 3 aromatic rings. The summed E-state index contributed by atoms with van der Waals surface area (Å²) in [6, 6.07) is 6.67. The van der Waals surface area contributed by atoms with Crippen molar-refractivity contribution < 1.29 is 36.7 Å². The molecule has 4 rings (SSSR count). The molecule has 1 fully saturated rings. The number of carbonyl (C=O) groups excluding carboxylic acids is 2. The Morgan fingerprint density at radius 2 is 1.97 bits per heavy atom. The molecule has 1 N–H and O–H groups in total. The maximum absolute atomic E-state index is 12.7. The molecular formula is C21H18F3N3O5S. The highest BCUT2D eigenvalue weighted by Gasteiger charge is 2.31. The molecule has 0 bridgehead atoms. The van der Waals surface area contributed by atoms with Crippen molar-refractivity contribution in [3.63, 3.8) is 0 Å². The standard InChI is InChI=1S/C21H18F3N3O5S/c1-12-15(10-17(31-12)13-3-2-4-14(9-13)32-21(22,23)24)18(28)26-20-25-16(11-33-20)19(29)27-5-7-30-8-6-27/h2-4,9-11H,5-8H2,1H3,(H,25,26,28). The zero-order valence-corrected chi connectivity index (χ0v) is 18.1. The summed E-state index contributed by atoms with van der Waals surface area (Å²) in [6.07, 6.45) is -4.82. The van der Waals surface area contributed by atoms with Crippen molar-refractivity contribution in [3.8, 4) is 17.1 Å². The van der Waals surface area contributed by atoms with Gasteiger partial charge in [-0.25, -0.2) is 4.98 Å². The van der Waals surface area contributed by atoms with Crippen LogP contribution in [0.3, 0.4) is 0 Å². The van der Waals surface area contributed by atoms with E-state index in [2.05, 4.69) is 15.0 Å². The lowest BCUT2D eigenvalue weighted by Crippen LogP contribution is -2.40. The van der Waals surface area contributed by atoms with Crippen LogP contribution in [0.2, 0.25) is 0 Å². The van der Waals surface area contributed by atoms with Gasteiger partial charge in [-0.1, -0.05) is 12.1 Å². The van der Waals surface area contributed by atoms with Crippen LogP contribution in [0.1, 0.15) is 26.6 Å². The molecule has 0 radical (unpaired) electrons. The van der Waals surface area contributed by atoms with Crippen molar-refractivity contribution in [2.45, 2.75) is 13.3 Å². The van der Waals surface area contributed by atoms with E-state index < -0.39 is 18.0 Å². The molecule has 1 aliphatic heterocycles. The number of benzene rings is 1. The van der Waals surface area contributed by atoms with Crippen molar-refractivity contribution in [1.29, 1.82) is 0 Å². The number of anilines is 1. The molecular weight excluding hydrogens is 463 g/mol. The van der Waals surface area contributed by atoms with E-state index in [1.54, 1.807) is 17.2 Å². The van der Waals surface area contributed by atoms with E-state index in [4.69, 9.17) is 9.15 Å². The second-order valence-electron chi connectivity index (χ2n) is 7.05. The van der Waals surface area contributed by atoms with Crippen LogP contribution in [0.15, 0.2) is 40.1 Å². The Bertz CT molecular complexity index is 1170. The number of furan rings is 1. The maximum atomic E-state index is 12.7. The SMILES string of the molecule is Cc1oc(-c2cccc(OC(F)(F)F)c2)cc1C(=O)Nc1nc(C(=O)N2CCOCC2)cs1. The fourth-order valence-electron chi connectivity index (χ4n) is 3.22. The minimum Gasteiger partial charge on any atom is -0.461 e. The van der Waals surface area contributed by atoms with Gasteiger partial charge in [0.05, 0.1) is 18.8 Å². The summed E-state index contributed by atoms with van der Waals surface area (Å²) in [5, 5.41) is 4.42. The van der Waals surface area contributed by atoms with Gasteiger partial charge < -0.3 is 18.8 Å². The number of halogens is 3. The summed E-state index contributed by atoms with van der Waals surface area (Å²) in [5.74, 6) is -0.693. The monoisotopic (exact) mass is 481 g/mol. The van der Waals surface area contributed by atoms with Gasteiger partial charge in [-0.05, 0) is 25.1 Å². The molecule has 2 amide bonds. The Labute approximate surface area is 189 Å². The fourth-order valence-corrected chi connectivity index (χ4v) is 3.90. The van der Waals surface area contributed by atoms with Crippen LogP contribution in [-0.4, -0.2) is 54.4 Å². The van der Waals surface area contributed by atoms with Crippen molar-refractivity contribution >= 4 is 28.3 Å². The smallest absolute Gasteiger partial charge is 0.461 e. The van der Waals surface area contributed by atoms with E-state index in [-0.39, 0.29) is 33.8 Å². The Hall–Kier alpha value is -3.38. The number of amides is 2. The minimum absolute atomic E-state index is 0.184. The lowest BCUT2D eigenvalue weighted by Gasteiger charge is -2.25. The Morgan fingerprint density at radius 3 is 2.70 bits per heavy atom. The third-order valence-corrected chi connectivity index (χ3v) is 5.51. The number of carbonyl (C=O) groups is 2. The molecule has 0 spiro atoms. The first-order valence-electron chi connectivity index (χ1n) is 9.80. The fraction of sp³-hybridized carbons (Fsp3) is 0.286. The maximum Gasteiger partial charge on any atom is 0.573 e. The van der Waals surface area contributed by atoms with E-state index >= 15 is 0 Å². The average molecular weight is 481 g/mol. The Balaban J connectivity index is 1.47. The van der Waals surface area contributed by atoms with Gasteiger partial charge in [0.15, 0.2) is 5.13 Å². The van der Waals surface area contributed by atoms with Gasteiger partial charge in [0.1, 0.15) is 23.0 Å². The highest BCUT2D eigenvalue weighted by molar-refractivity contribution is 7.14. The van der Waals surface area contributed by atoms with Crippen LogP contribution in [0.25, 0.3) is 11.3 Å². The van der Waals surface area contributed by atoms with E-state index in [1.807, 2.05) is 0 Å². The molecule has 1 saturated heterocycles. The summed E-state index contributed by atoms with van der Waals surface area (Å²) in [7, 11) is 0. The highest BCUT2D eigenvalue weighted by atomic mass is 32.1. The Kier molecular flexibility index (Phi) is 6.38. The van der Waals surface area contributed by atoms with Gasteiger partial charge in [0.2, 0.25) is 0 Å². The summed E-state index contributed by atoms with van der Waals surface area (Å²) < 4.78 is 52.2. The average Bonchev–Trinajstić information content (AvgIpc) is 3.39. The first-order chi connectivity index (χ1) is 15.7. The number of nitrogens with zero attached hydrogens (tertiary/aromatic N) is 2. The molecule has 1 aliphatic rings. The lowest BCUT2D eigenvalue weighted by atomic mass is 10.1. The third kappa shape index (κ3) is 5.52. The second-order valence-corrected chi connectivity index (χ2v) is 7.91. The van der Waals surface area contributed by atoms with Gasteiger partial charge in [0.25, 0.3) is 11.8 Å². The van der Waals surface area contributed by atoms with Crippen LogP contribution in [-0.2, 0) is 4.74 Å². The second kappa shape index (κ2) is 9.24. The molecule has 174 valence electrons. The number of aryl methyl sites for hydroxylation is 1. The number of nitrogens with one attached hydrogen (secondary N) is 1. The van der Waals surface area contributed by atoms with Gasteiger partial charge in [-0.2, -0.15) is 0 Å². The molecule has 3 heterocycles. The molecule has 0 saturated carbocycles. The number of rotatable bonds is 5. The topological polar surface area (TPSA) is 93.9 Å². The summed E-state index contributed by atoms with van der Waals surface area (Å²) in [4.78, 5) is 31.1. The largest absolute Gasteiger partial charge is 0.573 e. The summed E-state index contributed by atoms with van der Waals surface area (Å²) in [5.41, 5.74) is 0.721. The summed E-state index contributed by atoms with van der Waals surface area (Å²) in [6.45, 7) is 3.44. The van der Waals surface area contributed by atoms with Gasteiger partial charge in [0, 0.05) is 24.0 Å². The van der Waals surface area contributed by atoms with E-state index in [9.17, 15) is 22.8 Å². The lowest BCUT2D eigenvalue weighted by molar-refractivity contribution is -0.274. The van der Waals surface area contributed by atoms with Crippen LogP contribution in [0.5, 0.6) is 5.75 Å². The first-order valence-corrected chi connectivity index (χ1v) is 10.7. The van der Waals surface area contributed by atoms with Crippen LogP contribution in [0, 0.1) is 6.92 Å². The number of aromatic nitrogens is 1. The number of hydrogen-bond acceptors (Lipinski definition) is 7. The van der Waals surface area contributed by atoms with Crippen molar-refractivity contribution in [1.82, 2.24) is 9.88 Å². The molecule has 33 heavy (non-hydrogen) atoms. The minimum atomic E-state index is -4.82. The highest BCUT2D eigenvalue weighted by Crippen LogP contribution is 2.31. The predicted octanol–water partition coefficient (Wildman–Crippen LogP) is 4.33. The van der Waals surface area contributed by atoms with E-state index in [0.717, 1.165) is 17.4 Å². The quantitative estimate of drug-likeness (QED) is 0.583. The van der Waals surface area contributed by atoms with Crippen LogP contribution < -0.4 is 10.1 Å². The van der Waals surface area contributed by atoms with Gasteiger partial charge in [-0.15, -0.1) is 24.5 Å². The molecule has 0 unspecified atom stereocenters. The molecule has 2 aromatic heterocycles. The Morgan fingerprint density at radius 1 is 1.21 bits per heavy atom. The molecule has 1 aromatic carbocycles. The van der Waals surface area contributed by atoms with Crippen molar-refractivity contribution in [2.75, 3.05) is 31.6 Å². The zero-order valence-electron chi connectivity index (χ0n) is 17.3. The zero-order chi connectivity index (χ0) is 23.6. The molecule has 8 nitrogen and oxygen atoms in total. The first kappa shape index (κ1) is 22.8. The van der Waals surface area contributed by atoms with Crippen molar-refractivity contribution in [3.05, 3.63) is 52.7 Å².